The van der Waals surface area contributed by atoms with Crippen LogP contribution >= 0.6 is 0 Å². The van der Waals surface area contributed by atoms with Crippen LogP contribution in [0.3, 0.4) is 0 Å². The van der Waals surface area contributed by atoms with Gasteiger partial charge in [-0.2, -0.15) is 0 Å². The van der Waals surface area contributed by atoms with Gasteiger partial charge in [-0.1, -0.05) is 6.07 Å². The topological polar surface area (TPSA) is 66.5 Å². The summed E-state index contributed by atoms with van der Waals surface area (Å²) in [6.07, 6.45) is 0.668. The largest absolute Gasteiger partial charge is 0.368 e. The quantitative estimate of drug-likeness (QED) is 0.853. The third-order valence-electron chi connectivity index (χ3n) is 5.22. The summed E-state index contributed by atoms with van der Waals surface area (Å²) in [6.45, 7) is 6.78. The van der Waals surface area contributed by atoms with Crippen molar-refractivity contribution in [2.45, 2.75) is 33.2 Å². The second kappa shape index (κ2) is 7.72. The zero-order valence-electron chi connectivity index (χ0n) is 16.0. The van der Waals surface area contributed by atoms with Crippen molar-refractivity contribution in [2.24, 2.45) is 0 Å². The van der Waals surface area contributed by atoms with Crippen LogP contribution in [0, 0.1) is 13.8 Å². The summed E-state index contributed by atoms with van der Waals surface area (Å²) in [6, 6.07) is 13.3. The lowest BCUT2D eigenvalue weighted by Crippen LogP contribution is -2.36. The molecule has 0 spiro atoms. The lowest BCUT2D eigenvalue weighted by molar-refractivity contribution is 0.102. The molecule has 0 aliphatic carbocycles. The van der Waals surface area contributed by atoms with Crippen LogP contribution in [0.2, 0.25) is 0 Å². The van der Waals surface area contributed by atoms with E-state index in [-0.39, 0.29) is 23.5 Å². The fourth-order valence-corrected chi connectivity index (χ4v) is 5.23. The van der Waals surface area contributed by atoms with Crippen molar-refractivity contribution in [3.8, 4) is 0 Å². The van der Waals surface area contributed by atoms with Crippen LogP contribution in [0.5, 0.6) is 0 Å². The highest BCUT2D eigenvalue weighted by atomic mass is 32.2. The number of hydrogen-bond donors (Lipinski definition) is 1. The molecule has 27 heavy (non-hydrogen) atoms. The SMILES string of the molecule is CCN(c1ccc(NC(=O)c2ccc(C)c(C)c2)cc1)C1CCS(=O)(=O)C1. The monoisotopic (exact) mass is 386 g/mol. The van der Waals surface area contributed by atoms with Crippen molar-refractivity contribution in [3.05, 3.63) is 59.2 Å². The molecule has 1 atom stereocenters. The zero-order chi connectivity index (χ0) is 19.6. The number of aryl methyl sites for hydroxylation is 2. The molecule has 2 aromatic rings. The Bertz CT molecular complexity index is 936. The van der Waals surface area contributed by atoms with E-state index in [0.717, 1.165) is 29.0 Å². The van der Waals surface area contributed by atoms with Gasteiger partial charge in [0.15, 0.2) is 9.84 Å². The summed E-state index contributed by atoms with van der Waals surface area (Å²) in [5, 5.41) is 2.92. The summed E-state index contributed by atoms with van der Waals surface area (Å²) in [5.74, 6) is 0.338. The third kappa shape index (κ3) is 4.50. The second-order valence-corrected chi connectivity index (χ2v) is 9.37. The second-order valence-electron chi connectivity index (χ2n) is 7.14. The maximum atomic E-state index is 12.4. The highest BCUT2D eigenvalue weighted by Crippen LogP contribution is 2.25. The van der Waals surface area contributed by atoms with E-state index in [1.54, 1.807) is 0 Å². The van der Waals surface area contributed by atoms with Crippen LogP contribution in [-0.2, 0) is 9.84 Å². The highest BCUT2D eigenvalue weighted by Gasteiger charge is 2.31. The number of sulfone groups is 1. The van der Waals surface area contributed by atoms with Gasteiger partial charge in [-0.05, 0) is 74.7 Å². The molecule has 1 unspecified atom stereocenters. The number of nitrogens with one attached hydrogen (secondary N) is 1. The van der Waals surface area contributed by atoms with Crippen LogP contribution in [-0.4, -0.2) is 38.4 Å². The molecular weight excluding hydrogens is 360 g/mol. The molecule has 3 rings (SSSR count). The van der Waals surface area contributed by atoms with Gasteiger partial charge in [0.1, 0.15) is 0 Å². The first-order valence-electron chi connectivity index (χ1n) is 9.25. The molecule has 1 N–H and O–H groups in total. The molecule has 5 nitrogen and oxygen atoms in total. The molecule has 1 fully saturated rings. The third-order valence-corrected chi connectivity index (χ3v) is 6.97. The van der Waals surface area contributed by atoms with Crippen molar-refractivity contribution in [1.29, 1.82) is 0 Å². The van der Waals surface area contributed by atoms with Crippen molar-refractivity contribution in [3.63, 3.8) is 0 Å². The number of rotatable bonds is 5. The number of amides is 1. The average Bonchev–Trinajstić information content (AvgIpc) is 2.99. The molecule has 2 aromatic carbocycles. The van der Waals surface area contributed by atoms with Crippen LogP contribution < -0.4 is 10.2 Å². The molecule has 1 aliphatic heterocycles. The average molecular weight is 387 g/mol. The lowest BCUT2D eigenvalue weighted by atomic mass is 10.1. The van der Waals surface area contributed by atoms with Gasteiger partial charge in [-0.3, -0.25) is 4.79 Å². The molecule has 0 bridgehead atoms. The molecule has 1 heterocycles. The van der Waals surface area contributed by atoms with Gasteiger partial charge in [0.25, 0.3) is 5.91 Å². The minimum Gasteiger partial charge on any atom is -0.368 e. The Labute approximate surface area is 161 Å². The summed E-state index contributed by atoms with van der Waals surface area (Å²) < 4.78 is 23.5. The van der Waals surface area contributed by atoms with Crippen molar-refractivity contribution in [2.75, 3.05) is 28.3 Å². The van der Waals surface area contributed by atoms with E-state index in [0.29, 0.717) is 12.0 Å². The minimum absolute atomic E-state index is 0.0241. The van der Waals surface area contributed by atoms with Crippen molar-refractivity contribution >= 4 is 27.1 Å². The fraction of sp³-hybridized carbons (Fsp3) is 0.381. The standard InChI is InChI=1S/C21H26N2O3S/c1-4-23(20-11-12-27(25,26)14-20)19-9-7-18(8-10-19)22-21(24)17-6-5-15(2)16(3)13-17/h5-10,13,20H,4,11-12,14H2,1-3H3,(H,22,24). The summed E-state index contributed by atoms with van der Waals surface area (Å²) in [7, 11) is -2.92. The van der Waals surface area contributed by atoms with Gasteiger partial charge in [-0.15, -0.1) is 0 Å². The van der Waals surface area contributed by atoms with E-state index in [2.05, 4.69) is 10.2 Å². The van der Waals surface area contributed by atoms with Crippen LogP contribution in [0.15, 0.2) is 42.5 Å². The Balaban J connectivity index is 1.71. The molecule has 1 aliphatic rings. The smallest absolute Gasteiger partial charge is 0.255 e. The van der Waals surface area contributed by atoms with Gasteiger partial charge in [-0.25, -0.2) is 8.42 Å². The molecule has 0 radical (unpaired) electrons. The summed E-state index contributed by atoms with van der Waals surface area (Å²) in [4.78, 5) is 14.6. The maximum Gasteiger partial charge on any atom is 0.255 e. The molecule has 144 valence electrons. The fourth-order valence-electron chi connectivity index (χ4n) is 3.49. The number of benzene rings is 2. The van der Waals surface area contributed by atoms with Gasteiger partial charge in [0, 0.05) is 29.5 Å². The first-order chi connectivity index (χ1) is 12.8. The van der Waals surface area contributed by atoms with Crippen LogP contribution in [0.25, 0.3) is 0 Å². The van der Waals surface area contributed by atoms with E-state index in [1.807, 2.05) is 63.2 Å². The van der Waals surface area contributed by atoms with Gasteiger partial charge >= 0.3 is 0 Å². The molecule has 0 saturated carbocycles. The number of nitrogens with zero attached hydrogens (tertiary/aromatic N) is 1. The summed E-state index contributed by atoms with van der Waals surface area (Å²) in [5.41, 5.74) is 4.57. The predicted octanol–water partition coefficient (Wildman–Crippen LogP) is 3.57. The summed E-state index contributed by atoms with van der Waals surface area (Å²) >= 11 is 0. The normalized spacial score (nSPS) is 18.3. The van der Waals surface area contributed by atoms with Crippen molar-refractivity contribution < 1.29 is 13.2 Å². The molecule has 1 saturated heterocycles. The lowest BCUT2D eigenvalue weighted by Gasteiger charge is -2.29. The Morgan fingerprint density at radius 1 is 1.11 bits per heavy atom. The zero-order valence-corrected chi connectivity index (χ0v) is 16.8. The predicted molar refractivity (Wildman–Crippen MR) is 110 cm³/mol. The van der Waals surface area contributed by atoms with Gasteiger partial charge in [0.05, 0.1) is 11.5 Å². The first-order valence-corrected chi connectivity index (χ1v) is 11.1. The highest BCUT2D eigenvalue weighted by molar-refractivity contribution is 7.91. The molecule has 1 amide bonds. The number of carbonyl (C=O) groups excluding carboxylic acids is 1. The van der Waals surface area contributed by atoms with E-state index in [4.69, 9.17) is 0 Å². The number of carbonyl (C=O) groups is 1. The minimum atomic E-state index is -2.92. The number of hydrogen-bond acceptors (Lipinski definition) is 4. The van der Waals surface area contributed by atoms with E-state index < -0.39 is 9.84 Å². The first kappa shape index (κ1) is 19.4. The van der Waals surface area contributed by atoms with E-state index >= 15 is 0 Å². The molecule has 0 aromatic heterocycles. The van der Waals surface area contributed by atoms with Crippen molar-refractivity contribution in [1.82, 2.24) is 0 Å². The van der Waals surface area contributed by atoms with Crippen LogP contribution in [0.4, 0.5) is 11.4 Å². The molecular formula is C21H26N2O3S. The Kier molecular flexibility index (Phi) is 5.56. The molecule has 6 heteroatoms. The Morgan fingerprint density at radius 3 is 2.37 bits per heavy atom. The number of anilines is 2. The van der Waals surface area contributed by atoms with E-state index in [9.17, 15) is 13.2 Å². The van der Waals surface area contributed by atoms with Crippen LogP contribution in [0.1, 0.15) is 34.8 Å². The van der Waals surface area contributed by atoms with E-state index in [1.165, 1.54) is 0 Å². The Morgan fingerprint density at radius 2 is 1.81 bits per heavy atom. The maximum absolute atomic E-state index is 12.4. The van der Waals surface area contributed by atoms with Gasteiger partial charge in [0.2, 0.25) is 0 Å². The van der Waals surface area contributed by atoms with Gasteiger partial charge < -0.3 is 10.2 Å². The Hall–Kier alpha value is -2.34.